The smallest absolute Gasteiger partial charge is 0.358 e. The van der Waals surface area contributed by atoms with Gasteiger partial charge in [0.15, 0.2) is 0 Å². The number of aromatic nitrogens is 1. The van der Waals surface area contributed by atoms with Gasteiger partial charge in [-0.15, -0.1) is 0 Å². The minimum Gasteiger partial charge on any atom is -0.358 e. The van der Waals surface area contributed by atoms with E-state index in [1.54, 1.807) is 0 Å². The molecule has 0 spiro atoms. The molecule has 2 aromatic carbocycles. The molecule has 1 heterocycles. The Morgan fingerprint density at radius 3 is 1.90 bits per heavy atom. The van der Waals surface area contributed by atoms with Crippen LogP contribution < -0.4 is 4.90 Å². The summed E-state index contributed by atoms with van der Waals surface area (Å²) in [7, 11) is 0. The quantitative estimate of drug-likeness (QED) is 0.524. The molecule has 6 heteroatoms. The van der Waals surface area contributed by atoms with Crippen LogP contribution >= 0.6 is 11.3 Å². The Bertz CT molecular complexity index is 704. The predicted octanol–water partition coefficient (Wildman–Crippen LogP) is 4.52. The summed E-state index contributed by atoms with van der Waals surface area (Å²) in [6.07, 6.45) is 0. The summed E-state index contributed by atoms with van der Waals surface area (Å²) >= 11 is 1.25. The van der Waals surface area contributed by atoms with Crippen molar-refractivity contribution in [3.63, 3.8) is 0 Å². The van der Waals surface area contributed by atoms with E-state index in [1.807, 2.05) is 65.6 Å². The first-order valence-corrected chi connectivity index (χ1v) is 7.14. The number of anilines is 3. The first-order valence-electron chi connectivity index (χ1n) is 6.26. The maximum atomic E-state index is 10.8. The Balaban J connectivity index is 2.10. The van der Waals surface area contributed by atoms with Crippen LogP contribution in [0.1, 0.15) is 0 Å². The summed E-state index contributed by atoms with van der Waals surface area (Å²) in [6.45, 7) is 0. The Labute approximate surface area is 125 Å². The van der Waals surface area contributed by atoms with Gasteiger partial charge in [-0.25, -0.2) is 0 Å². The minimum absolute atomic E-state index is 0.133. The lowest BCUT2D eigenvalue weighted by Gasteiger charge is -2.19. The molecule has 0 amide bonds. The molecule has 0 aliphatic carbocycles. The van der Waals surface area contributed by atoms with Gasteiger partial charge in [0.25, 0.3) is 0 Å². The average molecular weight is 297 g/mol. The molecule has 0 atom stereocenters. The summed E-state index contributed by atoms with van der Waals surface area (Å²) in [6, 6.07) is 19.3. The van der Waals surface area contributed by atoms with E-state index in [1.165, 1.54) is 16.7 Å². The average Bonchev–Trinajstić information content (AvgIpc) is 3.00. The normalized spacial score (nSPS) is 10.3. The lowest BCUT2D eigenvalue weighted by atomic mass is 10.2. The molecule has 3 aromatic rings. The topological polar surface area (TPSA) is 59.3 Å². The van der Waals surface area contributed by atoms with Gasteiger partial charge in [0.05, 0.1) is 16.8 Å². The van der Waals surface area contributed by atoms with Crippen molar-refractivity contribution in [2.45, 2.75) is 0 Å². The molecule has 3 rings (SSSR count). The van der Waals surface area contributed by atoms with Crippen molar-refractivity contribution >= 4 is 33.7 Å². The zero-order chi connectivity index (χ0) is 14.7. The Morgan fingerprint density at radius 2 is 1.48 bits per heavy atom. The Morgan fingerprint density at radius 1 is 0.952 bits per heavy atom. The van der Waals surface area contributed by atoms with Gasteiger partial charge in [0, 0.05) is 0 Å². The van der Waals surface area contributed by atoms with E-state index < -0.39 is 4.92 Å². The van der Waals surface area contributed by atoms with Gasteiger partial charge in [-0.3, -0.25) is 4.90 Å². The third-order valence-corrected chi connectivity index (χ3v) is 3.70. The first kappa shape index (κ1) is 13.3. The van der Waals surface area contributed by atoms with Gasteiger partial charge in [-0.1, -0.05) is 47.7 Å². The highest BCUT2D eigenvalue weighted by Crippen LogP contribution is 2.37. The second-order valence-electron chi connectivity index (χ2n) is 4.25. The molecule has 0 radical (unpaired) electrons. The van der Waals surface area contributed by atoms with Crippen molar-refractivity contribution in [1.82, 2.24) is 4.98 Å². The molecule has 0 aliphatic rings. The summed E-state index contributed by atoms with van der Waals surface area (Å²) < 4.78 is 0. The van der Waals surface area contributed by atoms with E-state index in [-0.39, 0.29) is 5.82 Å². The van der Waals surface area contributed by atoms with Gasteiger partial charge in [0.1, 0.15) is 0 Å². The minimum atomic E-state index is -0.478. The van der Waals surface area contributed by atoms with Crippen LogP contribution in [0.3, 0.4) is 0 Å². The maximum absolute atomic E-state index is 10.8. The SMILES string of the molecule is O=[N+]([O-])c1csc(N(c2ccccc2)c2ccccc2)n1. The lowest BCUT2D eigenvalue weighted by Crippen LogP contribution is -2.09. The molecule has 1 aromatic heterocycles. The van der Waals surface area contributed by atoms with Crippen LogP contribution in [-0.4, -0.2) is 9.91 Å². The fraction of sp³-hybridized carbons (Fsp3) is 0. The molecule has 0 fully saturated rings. The number of nitrogens with zero attached hydrogens (tertiary/aromatic N) is 3. The molecule has 104 valence electrons. The van der Waals surface area contributed by atoms with E-state index >= 15 is 0 Å². The third kappa shape index (κ3) is 2.75. The second kappa shape index (κ2) is 5.72. The number of hydrogen-bond donors (Lipinski definition) is 0. The number of nitro groups is 1. The van der Waals surface area contributed by atoms with Gasteiger partial charge >= 0.3 is 10.9 Å². The summed E-state index contributed by atoms with van der Waals surface area (Å²) in [5.41, 5.74) is 1.82. The highest BCUT2D eigenvalue weighted by molar-refractivity contribution is 7.14. The fourth-order valence-electron chi connectivity index (χ4n) is 1.97. The van der Waals surface area contributed by atoms with Gasteiger partial charge in [-0.05, 0) is 34.2 Å². The molecule has 0 unspecified atom stereocenters. The summed E-state index contributed by atoms with van der Waals surface area (Å²) in [5, 5.41) is 12.9. The highest BCUT2D eigenvalue weighted by atomic mass is 32.1. The highest BCUT2D eigenvalue weighted by Gasteiger charge is 2.22. The third-order valence-electron chi connectivity index (χ3n) is 2.89. The van der Waals surface area contributed by atoms with E-state index in [2.05, 4.69) is 4.98 Å². The van der Waals surface area contributed by atoms with E-state index in [0.29, 0.717) is 5.13 Å². The molecule has 0 aliphatic heterocycles. The fourth-order valence-corrected chi connectivity index (χ4v) is 2.78. The Kier molecular flexibility index (Phi) is 3.61. The zero-order valence-corrected chi connectivity index (χ0v) is 11.7. The van der Waals surface area contributed by atoms with Crippen LogP contribution in [0, 0.1) is 10.1 Å². The maximum Gasteiger partial charge on any atom is 0.377 e. The van der Waals surface area contributed by atoms with Crippen molar-refractivity contribution in [1.29, 1.82) is 0 Å². The van der Waals surface area contributed by atoms with Gasteiger partial charge in [0.2, 0.25) is 0 Å². The number of thiazole rings is 1. The summed E-state index contributed by atoms with van der Waals surface area (Å²) in [5.74, 6) is -0.133. The van der Waals surface area contributed by atoms with Crippen LogP contribution in [-0.2, 0) is 0 Å². The van der Waals surface area contributed by atoms with E-state index in [0.717, 1.165) is 11.4 Å². The summed E-state index contributed by atoms with van der Waals surface area (Å²) in [4.78, 5) is 16.4. The van der Waals surface area contributed by atoms with Crippen molar-refractivity contribution in [2.75, 3.05) is 4.90 Å². The molecule has 21 heavy (non-hydrogen) atoms. The van der Waals surface area contributed by atoms with Gasteiger partial charge in [-0.2, -0.15) is 0 Å². The van der Waals surface area contributed by atoms with Crippen LogP contribution in [0.15, 0.2) is 66.0 Å². The van der Waals surface area contributed by atoms with Crippen LogP contribution in [0.4, 0.5) is 22.3 Å². The molecule has 0 saturated heterocycles. The molecular formula is C15H11N3O2S. The van der Waals surface area contributed by atoms with Gasteiger partial charge < -0.3 is 10.1 Å². The van der Waals surface area contributed by atoms with Crippen molar-refractivity contribution in [3.05, 3.63) is 76.2 Å². The first-order chi connectivity index (χ1) is 10.3. The molecular weight excluding hydrogens is 286 g/mol. The van der Waals surface area contributed by atoms with Crippen molar-refractivity contribution < 1.29 is 4.92 Å². The largest absolute Gasteiger partial charge is 0.377 e. The number of hydrogen-bond acceptors (Lipinski definition) is 5. The molecule has 0 saturated carbocycles. The second-order valence-corrected chi connectivity index (χ2v) is 5.09. The van der Waals surface area contributed by atoms with Crippen LogP contribution in [0.5, 0.6) is 0 Å². The van der Waals surface area contributed by atoms with E-state index in [9.17, 15) is 10.1 Å². The van der Waals surface area contributed by atoms with Crippen LogP contribution in [0.2, 0.25) is 0 Å². The van der Waals surface area contributed by atoms with E-state index in [4.69, 9.17) is 0 Å². The lowest BCUT2D eigenvalue weighted by molar-refractivity contribution is -0.389. The monoisotopic (exact) mass is 297 g/mol. The zero-order valence-electron chi connectivity index (χ0n) is 10.9. The standard InChI is InChI=1S/C15H11N3O2S/c19-18(20)14-11-21-15(16-14)17(12-7-3-1-4-8-12)13-9-5-2-6-10-13/h1-11H. The van der Waals surface area contributed by atoms with Crippen molar-refractivity contribution in [2.24, 2.45) is 0 Å². The molecule has 0 N–H and O–H groups in total. The molecule has 5 nitrogen and oxygen atoms in total. The van der Waals surface area contributed by atoms with Crippen LogP contribution in [0.25, 0.3) is 0 Å². The number of benzene rings is 2. The number of rotatable bonds is 4. The Hall–Kier alpha value is -2.73. The number of para-hydroxylation sites is 2. The predicted molar refractivity (Wildman–Crippen MR) is 83.5 cm³/mol. The van der Waals surface area contributed by atoms with Crippen molar-refractivity contribution in [3.8, 4) is 0 Å². The molecule has 0 bridgehead atoms.